The van der Waals surface area contributed by atoms with Gasteiger partial charge in [0.05, 0.1) is 6.20 Å². The van der Waals surface area contributed by atoms with E-state index in [0.717, 1.165) is 11.1 Å². The van der Waals surface area contributed by atoms with Crippen molar-refractivity contribution < 1.29 is 9.18 Å². The molecule has 0 aliphatic heterocycles. The van der Waals surface area contributed by atoms with E-state index in [-0.39, 0.29) is 18.3 Å². The summed E-state index contributed by atoms with van der Waals surface area (Å²) in [7, 11) is 0. The smallest absolute Gasteiger partial charge is 0.241 e. The van der Waals surface area contributed by atoms with Gasteiger partial charge in [0.2, 0.25) is 5.91 Å². The fourth-order valence-corrected chi connectivity index (χ4v) is 1.56. The first-order valence-corrected chi connectivity index (χ1v) is 5.64. The zero-order chi connectivity index (χ0) is 13.0. The maximum atomic E-state index is 12.7. The Morgan fingerprint density at radius 1 is 1.39 bits per heavy atom. The maximum Gasteiger partial charge on any atom is 0.241 e. The van der Waals surface area contributed by atoms with E-state index in [1.165, 1.54) is 12.1 Å². The molecule has 0 atom stereocenters. The first-order chi connectivity index (χ1) is 8.63. The number of halogens is 1. The summed E-state index contributed by atoms with van der Waals surface area (Å²) in [6.45, 7) is 2.49. The zero-order valence-corrected chi connectivity index (χ0v) is 10.1. The Labute approximate surface area is 104 Å². The number of hydrogen-bond acceptors (Lipinski definition) is 2. The molecule has 0 bridgehead atoms. The molecule has 1 amide bonds. The molecule has 0 aliphatic rings. The standard InChI is InChI=1S/C13H14FN3O/c1-10-6-16-17(8-10)9-13(18)15-7-11-2-4-12(14)5-3-11/h2-6,8H,7,9H2,1H3,(H,15,18). The number of rotatable bonds is 4. The summed E-state index contributed by atoms with van der Waals surface area (Å²) in [5.41, 5.74) is 1.88. The molecule has 0 aliphatic carbocycles. The lowest BCUT2D eigenvalue weighted by atomic mass is 10.2. The predicted octanol–water partition coefficient (Wildman–Crippen LogP) is 1.65. The molecule has 0 saturated heterocycles. The van der Waals surface area contributed by atoms with Gasteiger partial charge in [0.15, 0.2) is 0 Å². The molecule has 1 N–H and O–H groups in total. The molecule has 0 fully saturated rings. The number of hydrogen-bond donors (Lipinski definition) is 1. The highest BCUT2D eigenvalue weighted by atomic mass is 19.1. The van der Waals surface area contributed by atoms with E-state index in [1.807, 2.05) is 6.92 Å². The SMILES string of the molecule is Cc1cnn(CC(=O)NCc2ccc(F)cc2)c1. The third-order valence-electron chi connectivity index (χ3n) is 2.47. The fourth-order valence-electron chi connectivity index (χ4n) is 1.56. The van der Waals surface area contributed by atoms with Crippen LogP contribution in [0.5, 0.6) is 0 Å². The first-order valence-electron chi connectivity index (χ1n) is 5.64. The molecular formula is C13H14FN3O. The van der Waals surface area contributed by atoms with Crippen LogP contribution in [0.1, 0.15) is 11.1 Å². The van der Waals surface area contributed by atoms with Gasteiger partial charge in [-0.3, -0.25) is 9.48 Å². The van der Waals surface area contributed by atoms with E-state index < -0.39 is 0 Å². The van der Waals surface area contributed by atoms with Crippen LogP contribution in [0, 0.1) is 12.7 Å². The van der Waals surface area contributed by atoms with Crippen LogP contribution in [0.25, 0.3) is 0 Å². The molecule has 2 aromatic rings. The van der Waals surface area contributed by atoms with Crippen molar-refractivity contribution in [1.82, 2.24) is 15.1 Å². The van der Waals surface area contributed by atoms with Crippen molar-refractivity contribution in [2.45, 2.75) is 20.0 Å². The van der Waals surface area contributed by atoms with Crippen LogP contribution in [0.2, 0.25) is 0 Å². The Morgan fingerprint density at radius 2 is 2.11 bits per heavy atom. The largest absolute Gasteiger partial charge is 0.350 e. The molecule has 0 saturated carbocycles. The minimum atomic E-state index is -0.280. The lowest BCUT2D eigenvalue weighted by Crippen LogP contribution is -2.27. The Morgan fingerprint density at radius 3 is 2.72 bits per heavy atom. The van der Waals surface area contributed by atoms with Gasteiger partial charge in [-0.15, -0.1) is 0 Å². The van der Waals surface area contributed by atoms with Gasteiger partial charge < -0.3 is 5.32 Å². The van der Waals surface area contributed by atoms with Gasteiger partial charge in [0.1, 0.15) is 12.4 Å². The molecule has 0 radical (unpaired) electrons. The van der Waals surface area contributed by atoms with Crippen LogP contribution in [0.4, 0.5) is 4.39 Å². The number of nitrogens with one attached hydrogen (secondary N) is 1. The van der Waals surface area contributed by atoms with Gasteiger partial charge in [0.25, 0.3) is 0 Å². The third kappa shape index (κ3) is 3.41. The summed E-state index contributed by atoms with van der Waals surface area (Å²) in [5, 5.41) is 6.78. The molecule has 4 nitrogen and oxygen atoms in total. The van der Waals surface area contributed by atoms with Gasteiger partial charge in [-0.25, -0.2) is 4.39 Å². The van der Waals surface area contributed by atoms with Crippen molar-refractivity contribution in [3.05, 3.63) is 53.6 Å². The molecule has 1 heterocycles. The highest BCUT2D eigenvalue weighted by Gasteiger charge is 2.03. The van der Waals surface area contributed by atoms with Crippen molar-refractivity contribution >= 4 is 5.91 Å². The van der Waals surface area contributed by atoms with Crippen molar-refractivity contribution in [2.75, 3.05) is 0 Å². The minimum absolute atomic E-state index is 0.123. The number of carbonyl (C=O) groups excluding carboxylic acids is 1. The quantitative estimate of drug-likeness (QED) is 0.893. The summed E-state index contributed by atoms with van der Waals surface area (Å²) in [5.74, 6) is -0.403. The number of aryl methyl sites for hydroxylation is 1. The Balaban J connectivity index is 1.83. The van der Waals surface area contributed by atoms with Crippen molar-refractivity contribution in [3.63, 3.8) is 0 Å². The third-order valence-corrected chi connectivity index (χ3v) is 2.47. The van der Waals surface area contributed by atoms with Crippen LogP contribution >= 0.6 is 0 Å². The van der Waals surface area contributed by atoms with Gasteiger partial charge in [-0.05, 0) is 30.2 Å². The highest BCUT2D eigenvalue weighted by Crippen LogP contribution is 2.02. The number of aromatic nitrogens is 2. The average Bonchev–Trinajstić information content (AvgIpc) is 2.74. The van der Waals surface area contributed by atoms with Gasteiger partial charge in [-0.1, -0.05) is 12.1 Å². The number of amides is 1. The average molecular weight is 247 g/mol. The van der Waals surface area contributed by atoms with Crippen LogP contribution in [-0.2, 0) is 17.9 Å². The lowest BCUT2D eigenvalue weighted by molar-refractivity contribution is -0.122. The topological polar surface area (TPSA) is 46.9 Å². The summed E-state index contributed by atoms with van der Waals surface area (Å²) < 4.78 is 14.3. The van der Waals surface area contributed by atoms with Gasteiger partial charge in [0, 0.05) is 12.7 Å². The van der Waals surface area contributed by atoms with E-state index in [2.05, 4.69) is 10.4 Å². The molecule has 1 aromatic heterocycles. The fraction of sp³-hybridized carbons (Fsp3) is 0.231. The normalized spacial score (nSPS) is 10.3. The van der Waals surface area contributed by atoms with Crippen LogP contribution in [0.15, 0.2) is 36.7 Å². The maximum absolute atomic E-state index is 12.7. The van der Waals surface area contributed by atoms with Crippen molar-refractivity contribution in [3.8, 4) is 0 Å². The van der Waals surface area contributed by atoms with Crippen molar-refractivity contribution in [1.29, 1.82) is 0 Å². The highest BCUT2D eigenvalue weighted by molar-refractivity contribution is 5.75. The van der Waals surface area contributed by atoms with Gasteiger partial charge in [-0.2, -0.15) is 5.10 Å². The zero-order valence-electron chi connectivity index (χ0n) is 10.1. The van der Waals surface area contributed by atoms with E-state index in [1.54, 1.807) is 29.2 Å². The van der Waals surface area contributed by atoms with E-state index in [9.17, 15) is 9.18 Å². The molecule has 18 heavy (non-hydrogen) atoms. The van der Waals surface area contributed by atoms with E-state index in [0.29, 0.717) is 6.54 Å². The minimum Gasteiger partial charge on any atom is -0.350 e. The number of benzene rings is 1. The molecule has 0 unspecified atom stereocenters. The molecule has 94 valence electrons. The summed E-state index contributed by atoms with van der Waals surface area (Å²) in [4.78, 5) is 11.6. The molecule has 5 heteroatoms. The summed E-state index contributed by atoms with van der Waals surface area (Å²) in [6, 6.07) is 6.04. The summed E-state index contributed by atoms with van der Waals surface area (Å²) >= 11 is 0. The summed E-state index contributed by atoms with van der Waals surface area (Å²) in [6.07, 6.45) is 3.50. The monoisotopic (exact) mass is 247 g/mol. The van der Waals surface area contributed by atoms with Crippen LogP contribution in [-0.4, -0.2) is 15.7 Å². The molecule has 1 aromatic carbocycles. The lowest BCUT2D eigenvalue weighted by Gasteiger charge is -2.05. The Kier molecular flexibility index (Phi) is 3.72. The van der Waals surface area contributed by atoms with Crippen molar-refractivity contribution in [2.24, 2.45) is 0 Å². The second-order valence-corrected chi connectivity index (χ2v) is 4.12. The van der Waals surface area contributed by atoms with E-state index in [4.69, 9.17) is 0 Å². The second-order valence-electron chi connectivity index (χ2n) is 4.12. The predicted molar refractivity (Wildman–Crippen MR) is 65.2 cm³/mol. The number of carbonyl (C=O) groups is 1. The molecular weight excluding hydrogens is 233 g/mol. The van der Waals surface area contributed by atoms with Crippen LogP contribution < -0.4 is 5.32 Å². The number of nitrogens with zero attached hydrogens (tertiary/aromatic N) is 2. The second kappa shape index (κ2) is 5.44. The van der Waals surface area contributed by atoms with Crippen LogP contribution in [0.3, 0.4) is 0 Å². The Bertz CT molecular complexity index is 533. The molecule has 0 spiro atoms. The first kappa shape index (κ1) is 12.3. The van der Waals surface area contributed by atoms with Gasteiger partial charge >= 0.3 is 0 Å². The van der Waals surface area contributed by atoms with E-state index >= 15 is 0 Å². The Hall–Kier alpha value is -2.17. The molecule has 2 rings (SSSR count).